The van der Waals surface area contributed by atoms with E-state index in [1.807, 2.05) is 0 Å². The number of amides is 1. The molecule has 102 valence electrons. The second-order valence-electron chi connectivity index (χ2n) is 4.92. The Morgan fingerprint density at radius 2 is 2.26 bits per heavy atom. The molecule has 1 aromatic rings. The van der Waals surface area contributed by atoms with Gasteiger partial charge in [0, 0.05) is 29.7 Å². The van der Waals surface area contributed by atoms with E-state index in [1.165, 1.54) is 12.1 Å². The second-order valence-corrected chi connectivity index (χ2v) is 5.77. The Morgan fingerprint density at radius 1 is 1.53 bits per heavy atom. The van der Waals surface area contributed by atoms with Crippen molar-refractivity contribution in [1.29, 1.82) is 0 Å². The first-order valence-corrected chi connectivity index (χ1v) is 7.01. The molecule has 1 unspecified atom stereocenters. The smallest absolute Gasteiger partial charge is 0.270 e. The number of nitro benzene ring substituents is 1. The van der Waals surface area contributed by atoms with Crippen molar-refractivity contribution in [1.82, 2.24) is 4.90 Å². The molecule has 0 aromatic heterocycles. The number of hydrogen-bond donors (Lipinski definition) is 0. The molecule has 2 rings (SSSR count). The van der Waals surface area contributed by atoms with Crippen molar-refractivity contribution in [2.24, 2.45) is 5.92 Å². The van der Waals surface area contributed by atoms with E-state index in [1.54, 1.807) is 11.0 Å². The van der Waals surface area contributed by atoms with Gasteiger partial charge in [-0.25, -0.2) is 0 Å². The number of carbonyl (C=O) groups is 1. The van der Waals surface area contributed by atoms with Crippen LogP contribution in [-0.4, -0.2) is 28.8 Å². The number of rotatable bonds is 2. The fourth-order valence-corrected chi connectivity index (χ4v) is 2.75. The normalized spacial score (nSPS) is 19.3. The molecule has 0 saturated carbocycles. The Hall–Kier alpha value is -1.43. The van der Waals surface area contributed by atoms with Crippen molar-refractivity contribution in [3.63, 3.8) is 0 Å². The number of nitro groups is 1. The summed E-state index contributed by atoms with van der Waals surface area (Å²) >= 11 is 3.29. The fourth-order valence-electron chi connectivity index (χ4n) is 2.33. The molecule has 1 aliphatic heterocycles. The van der Waals surface area contributed by atoms with Crippen LogP contribution in [0.4, 0.5) is 5.69 Å². The Balaban J connectivity index is 2.27. The van der Waals surface area contributed by atoms with Gasteiger partial charge in [-0.05, 0) is 40.8 Å². The maximum atomic E-state index is 12.4. The highest BCUT2D eigenvalue weighted by Crippen LogP contribution is 2.25. The average molecular weight is 327 g/mol. The molecule has 5 nitrogen and oxygen atoms in total. The molecule has 1 aromatic carbocycles. The number of likely N-dealkylation sites (tertiary alicyclic amines) is 1. The summed E-state index contributed by atoms with van der Waals surface area (Å²) in [7, 11) is 0. The third-order valence-corrected chi connectivity index (χ3v) is 4.03. The standard InChI is InChI=1S/C13H15BrN2O3/c1-9-3-2-6-15(8-9)13(17)11-7-10(16(18)19)4-5-12(11)14/h4-5,7,9H,2-3,6,8H2,1H3. The van der Waals surface area contributed by atoms with Gasteiger partial charge in [0.05, 0.1) is 10.5 Å². The van der Waals surface area contributed by atoms with E-state index in [0.29, 0.717) is 22.5 Å². The number of piperidine rings is 1. The summed E-state index contributed by atoms with van der Waals surface area (Å²) in [5.74, 6) is 0.345. The summed E-state index contributed by atoms with van der Waals surface area (Å²) in [6, 6.07) is 4.28. The molecule has 0 spiro atoms. The van der Waals surface area contributed by atoms with E-state index in [9.17, 15) is 14.9 Å². The van der Waals surface area contributed by atoms with Crippen molar-refractivity contribution in [3.05, 3.63) is 38.3 Å². The van der Waals surface area contributed by atoms with Crippen LogP contribution < -0.4 is 0 Å². The van der Waals surface area contributed by atoms with Gasteiger partial charge in [-0.15, -0.1) is 0 Å². The number of benzene rings is 1. The van der Waals surface area contributed by atoms with E-state index >= 15 is 0 Å². The van der Waals surface area contributed by atoms with Gasteiger partial charge in [0.25, 0.3) is 11.6 Å². The van der Waals surface area contributed by atoms with Gasteiger partial charge in [-0.2, -0.15) is 0 Å². The van der Waals surface area contributed by atoms with Crippen LogP contribution in [0.25, 0.3) is 0 Å². The Morgan fingerprint density at radius 3 is 2.89 bits per heavy atom. The van der Waals surface area contributed by atoms with Crippen molar-refractivity contribution in [3.8, 4) is 0 Å². The quantitative estimate of drug-likeness (QED) is 0.619. The molecule has 1 atom stereocenters. The summed E-state index contributed by atoms with van der Waals surface area (Å²) in [4.78, 5) is 24.5. The van der Waals surface area contributed by atoms with Crippen LogP contribution in [0.3, 0.4) is 0 Å². The van der Waals surface area contributed by atoms with E-state index < -0.39 is 4.92 Å². The minimum absolute atomic E-state index is 0.0587. The Kier molecular flexibility index (Phi) is 4.19. The van der Waals surface area contributed by atoms with Crippen molar-refractivity contribution in [2.45, 2.75) is 19.8 Å². The maximum absolute atomic E-state index is 12.4. The van der Waals surface area contributed by atoms with Crippen LogP contribution in [0.5, 0.6) is 0 Å². The lowest BCUT2D eigenvalue weighted by molar-refractivity contribution is -0.384. The summed E-state index contributed by atoms with van der Waals surface area (Å²) in [5.41, 5.74) is 0.305. The Labute approximate surface area is 119 Å². The van der Waals surface area contributed by atoms with Crippen LogP contribution in [0.15, 0.2) is 22.7 Å². The summed E-state index contributed by atoms with van der Waals surface area (Å²) in [6.07, 6.45) is 2.11. The number of nitrogens with zero attached hydrogens (tertiary/aromatic N) is 2. The lowest BCUT2D eigenvalue weighted by Gasteiger charge is -2.31. The second kappa shape index (κ2) is 5.69. The zero-order valence-corrected chi connectivity index (χ0v) is 12.2. The molecule has 6 heteroatoms. The van der Waals surface area contributed by atoms with E-state index in [2.05, 4.69) is 22.9 Å². The van der Waals surface area contributed by atoms with Gasteiger partial charge >= 0.3 is 0 Å². The first-order valence-electron chi connectivity index (χ1n) is 6.22. The topological polar surface area (TPSA) is 63.5 Å². The molecule has 0 N–H and O–H groups in total. The van der Waals surface area contributed by atoms with Crippen LogP contribution in [0.1, 0.15) is 30.1 Å². The highest BCUT2D eigenvalue weighted by molar-refractivity contribution is 9.10. The largest absolute Gasteiger partial charge is 0.338 e. The van der Waals surface area contributed by atoms with Gasteiger partial charge < -0.3 is 4.90 Å². The SMILES string of the molecule is CC1CCCN(C(=O)c2cc([N+](=O)[O-])ccc2Br)C1. The molecule has 0 aliphatic carbocycles. The monoisotopic (exact) mass is 326 g/mol. The lowest BCUT2D eigenvalue weighted by atomic mass is 9.99. The number of hydrogen-bond acceptors (Lipinski definition) is 3. The van der Waals surface area contributed by atoms with Gasteiger partial charge in [0.2, 0.25) is 0 Å². The maximum Gasteiger partial charge on any atom is 0.270 e. The van der Waals surface area contributed by atoms with Crippen LogP contribution in [0, 0.1) is 16.0 Å². The summed E-state index contributed by atoms with van der Waals surface area (Å²) < 4.78 is 0.598. The van der Waals surface area contributed by atoms with Gasteiger partial charge in [0.15, 0.2) is 0 Å². The highest BCUT2D eigenvalue weighted by atomic mass is 79.9. The first-order chi connectivity index (χ1) is 8.99. The first kappa shape index (κ1) is 14.0. The molecule has 1 saturated heterocycles. The zero-order valence-electron chi connectivity index (χ0n) is 10.6. The van der Waals surface area contributed by atoms with Gasteiger partial charge in [0.1, 0.15) is 0 Å². The molecular formula is C13H15BrN2O3. The third kappa shape index (κ3) is 3.12. The van der Waals surface area contributed by atoms with Crippen LogP contribution >= 0.6 is 15.9 Å². The predicted molar refractivity (Wildman–Crippen MR) is 75.1 cm³/mol. The van der Waals surface area contributed by atoms with E-state index in [-0.39, 0.29) is 11.6 Å². The van der Waals surface area contributed by atoms with Gasteiger partial charge in [-0.1, -0.05) is 6.92 Å². The molecule has 1 heterocycles. The van der Waals surface area contributed by atoms with Crippen molar-refractivity contribution in [2.75, 3.05) is 13.1 Å². The molecule has 0 bridgehead atoms. The average Bonchev–Trinajstić information content (AvgIpc) is 2.38. The summed E-state index contributed by atoms with van der Waals surface area (Å²) in [5, 5.41) is 10.8. The van der Waals surface area contributed by atoms with Crippen molar-refractivity contribution < 1.29 is 9.72 Å². The minimum atomic E-state index is -0.484. The zero-order chi connectivity index (χ0) is 14.0. The number of halogens is 1. The van der Waals surface area contributed by atoms with Gasteiger partial charge in [-0.3, -0.25) is 14.9 Å². The van der Waals surface area contributed by atoms with E-state index in [0.717, 1.165) is 19.4 Å². The van der Waals surface area contributed by atoms with Crippen LogP contribution in [0.2, 0.25) is 0 Å². The number of non-ortho nitro benzene ring substituents is 1. The molecule has 19 heavy (non-hydrogen) atoms. The predicted octanol–water partition coefficient (Wildman–Crippen LogP) is 3.23. The number of carbonyl (C=O) groups excluding carboxylic acids is 1. The highest BCUT2D eigenvalue weighted by Gasteiger charge is 2.24. The Bertz CT molecular complexity index is 519. The van der Waals surface area contributed by atoms with E-state index in [4.69, 9.17) is 0 Å². The molecule has 1 aliphatic rings. The molecular weight excluding hydrogens is 312 g/mol. The lowest BCUT2D eigenvalue weighted by Crippen LogP contribution is -2.39. The molecule has 1 amide bonds. The third-order valence-electron chi connectivity index (χ3n) is 3.34. The molecule has 0 radical (unpaired) electrons. The minimum Gasteiger partial charge on any atom is -0.338 e. The summed E-state index contributed by atoms with van der Waals surface area (Å²) in [6.45, 7) is 3.55. The van der Waals surface area contributed by atoms with Crippen molar-refractivity contribution >= 4 is 27.5 Å². The fraction of sp³-hybridized carbons (Fsp3) is 0.462. The molecule has 1 fully saturated rings. The van der Waals surface area contributed by atoms with Crippen LogP contribution in [-0.2, 0) is 0 Å².